The molecule has 2 heterocycles. The van der Waals surface area contributed by atoms with E-state index < -0.39 is 4.92 Å². The molecule has 0 radical (unpaired) electrons. The molecule has 0 N–H and O–H groups in total. The number of thioether (sulfide) groups is 1. The summed E-state index contributed by atoms with van der Waals surface area (Å²) in [7, 11) is 0. The van der Waals surface area contributed by atoms with Crippen molar-refractivity contribution in [3.05, 3.63) is 99.4 Å². The van der Waals surface area contributed by atoms with Crippen LogP contribution in [0.2, 0.25) is 0 Å². The highest BCUT2D eigenvalue weighted by atomic mass is 32.2. The van der Waals surface area contributed by atoms with Gasteiger partial charge >= 0.3 is 5.88 Å². The number of rotatable bonds is 8. The predicted octanol–water partition coefficient (Wildman–Crippen LogP) is 5.42. The van der Waals surface area contributed by atoms with Gasteiger partial charge in [0.25, 0.3) is 0 Å². The second-order valence-corrected chi connectivity index (χ2v) is 7.35. The van der Waals surface area contributed by atoms with Crippen LogP contribution < -0.4 is 4.74 Å². The molecule has 0 aliphatic carbocycles. The van der Waals surface area contributed by atoms with E-state index in [0.717, 1.165) is 17.0 Å². The molecule has 2 aromatic carbocycles. The summed E-state index contributed by atoms with van der Waals surface area (Å²) in [6, 6.07) is 20.4. The van der Waals surface area contributed by atoms with Crippen molar-refractivity contribution >= 4 is 23.7 Å². The van der Waals surface area contributed by atoms with Gasteiger partial charge in [-0.15, -0.1) is 10.2 Å². The largest absolute Gasteiger partial charge is 0.485 e. The van der Waals surface area contributed by atoms with E-state index >= 15 is 0 Å². The van der Waals surface area contributed by atoms with Crippen LogP contribution in [0.15, 0.2) is 81.7 Å². The minimum Gasteiger partial charge on any atom is -0.485 e. The summed E-state index contributed by atoms with van der Waals surface area (Å²) in [5, 5.41) is 21.7. The number of para-hydroxylation sites is 2. The molecule has 156 valence electrons. The Bertz CT molecular complexity index is 1220. The lowest BCUT2D eigenvalue weighted by molar-refractivity contribution is -0.402. The Hall–Kier alpha value is -3.85. The Kier molecular flexibility index (Phi) is 6.13. The number of ether oxygens (including phenoxy) is 1. The molecule has 4 rings (SSSR count). The number of furan rings is 1. The van der Waals surface area contributed by atoms with Crippen LogP contribution in [0.1, 0.15) is 17.1 Å². The molecule has 0 aliphatic heterocycles. The fourth-order valence-electron chi connectivity index (χ4n) is 2.86. The van der Waals surface area contributed by atoms with E-state index in [1.165, 1.54) is 17.8 Å². The molecule has 0 spiro atoms. The van der Waals surface area contributed by atoms with Crippen LogP contribution in [0.5, 0.6) is 5.75 Å². The Balaban J connectivity index is 1.56. The standard InChI is InChI=1S/C22H18N4O4S/c1-16-7-5-6-10-19(16)29-15-20-23-24-22(25(20)17-8-3-2-4-9-17)31-14-13-18-11-12-21(30-18)26(27)28/h2-14H,15H2,1H3/b14-13+. The number of benzene rings is 2. The van der Waals surface area contributed by atoms with E-state index in [-0.39, 0.29) is 12.5 Å². The summed E-state index contributed by atoms with van der Waals surface area (Å²) in [5.74, 6) is 1.53. The number of hydrogen-bond acceptors (Lipinski definition) is 7. The molecule has 0 saturated heterocycles. The van der Waals surface area contributed by atoms with Gasteiger partial charge in [-0.05, 0) is 48.2 Å². The maximum atomic E-state index is 10.7. The third-order valence-electron chi connectivity index (χ3n) is 4.36. The van der Waals surface area contributed by atoms with Gasteiger partial charge in [-0.2, -0.15) is 0 Å². The fraction of sp³-hybridized carbons (Fsp3) is 0.0909. The van der Waals surface area contributed by atoms with Crippen molar-refractivity contribution < 1.29 is 14.1 Å². The molecule has 0 unspecified atom stereocenters. The molecule has 2 aromatic heterocycles. The van der Waals surface area contributed by atoms with E-state index in [9.17, 15) is 10.1 Å². The highest BCUT2D eigenvalue weighted by molar-refractivity contribution is 8.02. The van der Waals surface area contributed by atoms with Gasteiger partial charge in [0.1, 0.15) is 23.0 Å². The van der Waals surface area contributed by atoms with Crippen LogP contribution in [-0.2, 0) is 6.61 Å². The van der Waals surface area contributed by atoms with Gasteiger partial charge in [0.2, 0.25) is 0 Å². The smallest absolute Gasteiger partial charge is 0.433 e. The van der Waals surface area contributed by atoms with Gasteiger partial charge in [-0.1, -0.05) is 48.2 Å². The molecule has 8 nitrogen and oxygen atoms in total. The van der Waals surface area contributed by atoms with Crippen molar-refractivity contribution in [3.63, 3.8) is 0 Å². The third-order valence-corrected chi connectivity index (χ3v) is 5.11. The Morgan fingerprint density at radius 3 is 2.61 bits per heavy atom. The molecule has 0 aliphatic rings. The SMILES string of the molecule is Cc1ccccc1OCc1nnc(S/C=C/c2ccc([N+](=O)[O-])o2)n1-c1ccccc1. The highest BCUT2D eigenvalue weighted by Crippen LogP contribution is 2.26. The zero-order valence-electron chi connectivity index (χ0n) is 16.5. The first-order valence-corrected chi connectivity index (χ1v) is 10.3. The zero-order chi connectivity index (χ0) is 21.6. The molecular weight excluding hydrogens is 416 g/mol. The highest BCUT2D eigenvalue weighted by Gasteiger charge is 2.15. The summed E-state index contributed by atoms with van der Waals surface area (Å²) in [6.45, 7) is 2.24. The van der Waals surface area contributed by atoms with Gasteiger partial charge in [-0.25, -0.2) is 0 Å². The number of aryl methyl sites for hydroxylation is 1. The number of nitro groups is 1. The number of hydrogen-bond donors (Lipinski definition) is 0. The normalized spacial score (nSPS) is 11.1. The molecule has 4 aromatic rings. The second kappa shape index (κ2) is 9.31. The zero-order valence-corrected chi connectivity index (χ0v) is 17.4. The van der Waals surface area contributed by atoms with E-state index in [0.29, 0.717) is 16.7 Å². The lowest BCUT2D eigenvalue weighted by Crippen LogP contribution is -2.06. The Labute approximate surface area is 182 Å². The predicted molar refractivity (Wildman–Crippen MR) is 117 cm³/mol. The maximum Gasteiger partial charge on any atom is 0.433 e. The van der Waals surface area contributed by atoms with E-state index in [4.69, 9.17) is 9.15 Å². The summed E-state index contributed by atoms with van der Waals surface area (Å²) >= 11 is 1.32. The average molecular weight is 434 g/mol. The minimum atomic E-state index is -0.572. The van der Waals surface area contributed by atoms with E-state index in [1.54, 1.807) is 17.6 Å². The quantitative estimate of drug-likeness (QED) is 0.207. The van der Waals surface area contributed by atoms with Crippen LogP contribution >= 0.6 is 11.8 Å². The molecular formula is C22H18N4O4S. The van der Waals surface area contributed by atoms with Gasteiger partial charge in [-0.3, -0.25) is 14.7 Å². The monoisotopic (exact) mass is 434 g/mol. The number of nitrogens with zero attached hydrogens (tertiary/aromatic N) is 4. The van der Waals surface area contributed by atoms with Crippen molar-refractivity contribution in [2.24, 2.45) is 0 Å². The van der Waals surface area contributed by atoms with Crippen molar-refractivity contribution in [2.75, 3.05) is 0 Å². The average Bonchev–Trinajstić information content (AvgIpc) is 3.41. The summed E-state index contributed by atoms with van der Waals surface area (Å²) in [6.07, 6.45) is 1.64. The molecule has 31 heavy (non-hydrogen) atoms. The summed E-state index contributed by atoms with van der Waals surface area (Å²) in [5.41, 5.74) is 1.94. The molecule has 0 fully saturated rings. The lowest BCUT2D eigenvalue weighted by atomic mass is 10.2. The molecule has 0 bridgehead atoms. The second-order valence-electron chi connectivity index (χ2n) is 6.48. The third kappa shape index (κ3) is 4.84. The Morgan fingerprint density at radius 1 is 1.10 bits per heavy atom. The van der Waals surface area contributed by atoms with Crippen LogP contribution in [0.25, 0.3) is 11.8 Å². The Morgan fingerprint density at radius 2 is 1.87 bits per heavy atom. The van der Waals surface area contributed by atoms with Gasteiger partial charge in [0, 0.05) is 5.69 Å². The summed E-state index contributed by atoms with van der Waals surface area (Å²) in [4.78, 5) is 10.2. The van der Waals surface area contributed by atoms with Gasteiger partial charge < -0.3 is 9.15 Å². The molecule has 9 heteroatoms. The fourth-order valence-corrected chi connectivity index (χ4v) is 3.59. The van der Waals surface area contributed by atoms with Crippen LogP contribution in [0.3, 0.4) is 0 Å². The molecule has 0 amide bonds. The van der Waals surface area contributed by atoms with Crippen LogP contribution in [-0.4, -0.2) is 19.7 Å². The van der Waals surface area contributed by atoms with Crippen molar-refractivity contribution in [2.45, 2.75) is 18.7 Å². The van der Waals surface area contributed by atoms with Gasteiger partial charge in [0.05, 0.1) is 6.07 Å². The summed E-state index contributed by atoms with van der Waals surface area (Å²) < 4.78 is 13.0. The molecule has 0 saturated carbocycles. The lowest BCUT2D eigenvalue weighted by Gasteiger charge is -2.11. The maximum absolute atomic E-state index is 10.7. The van der Waals surface area contributed by atoms with E-state index in [2.05, 4.69) is 10.2 Å². The minimum absolute atomic E-state index is 0.251. The topological polar surface area (TPSA) is 96.2 Å². The molecule has 0 atom stereocenters. The van der Waals surface area contributed by atoms with Crippen molar-refractivity contribution in [3.8, 4) is 11.4 Å². The van der Waals surface area contributed by atoms with Gasteiger partial charge in [0.15, 0.2) is 11.0 Å². The number of aromatic nitrogens is 3. The van der Waals surface area contributed by atoms with Crippen LogP contribution in [0, 0.1) is 17.0 Å². The van der Waals surface area contributed by atoms with Crippen molar-refractivity contribution in [1.82, 2.24) is 14.8 Å². The van der Waals surface area contributed by atoms with Crippen LogP contribution in [0.4, 0.5) is 5.88 Å². The first kappa shape index (κ1) is 20.4. The first-order chi connectivity index (χ1) is 15.1. The van der Waals surface area contributed by atoms with E-state index in [1.807, 2.05) is 66.1 Å². The first-order valence-electron chi connectivity index (χ1n) is 9.37. The van der Waals surface area contributed by atoms with Crippen molar-refractivity contribution in [1.29, 1.82) is 0 Å².